The van der Waals surface area contributed by atoms with Gasteiger partial charge in [0.05, 0.1) is 16.6 Å². The van der Waals surface area contributed by atoms with E-state index in [-0.39, 0.29) is 5.69 Å². The summed E-state index contributed by atoms with van der Waals surface area (Å²) in [6.45, 7) is 2.01. The maximum absolute atomic E-state index is 10.9. The lowest BCUT2D eigenvalue weighted by molar-refractivity contribution is -0.384. The Hall–Kier alpha value is -2.19. The van der Waals surface area contributed by atoms with E-state index >= 15 is 0 Å². The van der Waals surface area contributed by atoms with E-state index < -0.39 is 4.92 Å². The topological polar surface area (TPSA) is 66.9 Å². The van der Waals surface area contributed by atoms with Crippen LogP contribution in [-0.4, -0.2) is 4.92 Å². The van der Waals surface area contributed by atoms with Crippen LogP contribution in [0.4, 0.5) is 5.69 Å². The van der Waals surface area contributed by atoms with Crippen LogP contribution in [0.15, 0.2) is 40.9 Å². The van der Waals surface area contributed by atoms with Crippen LogP contribution >= 0.6 is 15.9 Å². The number of nitrogens with zero attached hydrogens (tertiary/aromatic N) is 2. The number of nitro benzene ring substituents is 1. The van der Waals surface area contributed by atoms with Crippen LogP contribution in [0.3, 0.4) is 0 Å². The van der Waals surface area contributed by atoms with Gasteiger partial charge < -0.3 is 0 Å². The van der Waals surface area contributed by atoms with E-state index in [0.717, 1.165) is 27.6 Å². The Morgan fingerprint density at radius 2 is 2.00 bits per heavy atom. The number of hydrogen-bond donors (Lipinski definition) is 0. The van der Waals surface area contributed by atoms with Crippen molar-refractivity contribution in [2.45, 2.75) is 13.3 Å². The van der Waals surface area contributed by atoms with Crippen molar-refractivity contribution in [2.24, 2.45) is 0 Å². The minimum absolute atomic E-state index is 0.0348. The Morgan fingerprint density at radius 3 is 2.60 bits per heavy atom. The normalized spacial score (nSPS) is 10.1. The number of hydrogen-bond acceptors (Lipinski definition) is 3. The average Bonchev–Trinajstić information content (AvgIpc) is 2.46. The first-order chi connectivity index (χ1) is 9.56. The van der Waals surface area contributed by atoms with Gasteiger partial charge in [0.15, 0.2) is 0 Å². The zero-order valence-corrected chi connectivity index (χ0v) is 12.3. The Bertz CT molecular complexity index is 720. The zero-order valence-electron chi connectivity index (χ0n) is 10.8. The minimum Gasteiger partial charge on any atom is -0.258 e. The molecule has 0 fully saturated rings. The summed E-state index contributed by atoms with van der Waals surface area (Å²) >= 11 is 3.42. The fourth-order valence-corrected chi connectivity index (χ4v) is 2.50. The van der Waals surface area contributed by atoms with Crippen LogP contribution in [0.2, 0.25) is 0 Å². The van der Waals surface area contributed by atoms with Gasteiger partial charge in [-0.05, 0) is 35.7 Å². The van der Waals surface area contributed by atoms with E-state index in [1.807, 2.05) is 13.0 Å². The Kier molecular flexibility index (Phi) is 4.16. The summed E-state index contributed by atoms with van der Waals surface area (Å²) in [5.41, 5.74) is 3.20. The van der Waals surface area contributed by atoms with Crippen LogP contribution < -0.4 is 0 Å². The van der Waals surface area contributed by atoms with E-state index in [1.165, 1.54) is 12.1 Å². The summed E-state index contributed by atoms with van der Waals surface area (Å²) in [6, 6.07) is 12.1. The van der Waals surface area contributed by atoms with Gasteiger partial charge in [-0.3, -0.25) is 10.1 Å². The summed E-state index contributed by atoms with van der Waals surface area (Å²) in [5, 5.41) is 19.9. The molecule has 2 aromatic carbocycles. The number of rotatable bonds is 3. The first kappa shape index (κ1) is 14.2. The SMILES string of the molecule is CCc1ccc(C#N)cc1-c1cc([N+](=O)[O-])ccc1Br. The minimum atomic E-state index is -0.421. The van der Waals surface area contributed by atoms with E-state index in [2.05, 4.69) is 22.0 Å². The summed E-state index contributed by atoms with van der Waals surface area (Å²) in [5.74, 6) is 0. The maximum atomic E-state index is 10.9. The molecule has 0 aliphatic rings. The molecule has 0 saturated heterocycles. The fourth-order valence-electron chi connectivity index (χ4n) is 2.04. The molecule has 2 aromatic rings. The van der Waals surface area contributed by atoms with Gasteiger partial charge in [-0.2, -0.15) is 5.26 Å². The molecule has 0 saturated carbocycles. The summed E-state index contributed by atoms with van der Waals surface area (Å²) in [4.78, 5) is 10.5. The molecule has 2 rings (SSSR count). The monoisotopic (exact) mass is 330 g/mol. The number of nitriles is 1. The lowest BCUT2D eigenvalue weighted by Gasteiger charge is -2.10. The summed E-state index contributed by atoms with van der Waals surface area (Å²) in [7, 11) is 0. The van der Waals surface area contributed by atoms with Crippen LogP contribution in [-0.2, 0) is 6.42 Å². The molecule has 0 unspecified atom stereocenters. The van der Waals surface area contributed by atoms with E-state index in [0.29, 0.717) is 5.56 Å². The summed E-state index contributed by atoms with van der Waals surface area (Å²) in [6.07, 6.45) is 0.788. The number of aryl methyl sites for hydroxylation is 1. The van der Waals surface area contributed by atoms with E-state index in [9.17, 15) is 10.1 Å². The maximum Gasteiger partial charge on any atom is 0.270 e. The second kappa shape index (κ2) is 5.85. The average molecular weight is 331 g/mol. The number of benzene rings is 2. The smallest absolute Gasteiger partial charge is 0.258 e. The molecule has 0 N–H and O–H groups in total. The number of nitro groups is 1. The van der Waals surface area contributed by atoms with Crippen molar-refractivity contribution in [3.05, 3.63) is 62.1 Å². The molecule has 0 bridgehead atoms. The Morgan fingerprint density at radius 1 is 1.25 bits per heavy atom. The van der Waals surface area contributed by atoms with Crippen molar-refractivity contribution in [1.29, 1.82) is 5.26 Å². The van der Waals surface area contributed by atoms with Crippen molar-refractivity contribution in [3.8, 4) is 17.2 Å². The second-order valence-corrected chi connectivity index (χ2v) is 5.11. The van der Waals surface area contributed by atoms with Gasteiger partial charge in [0.2, 0.25) is 0 Å². The molecule has 100 valence electrons. The number of halogens is 1. The molecule has 20 heavy (non-hydrogen) atoms. The fraction of sp³-hybridized carbons (Fsp3) is 0.133. The van der Waals surface area contributed by atoms with Gasteiger partial charge in [0.1, 0.15) is 0 Å². The van der Waals surface area contributed by atoms with Crippen molar-refractivity contribution in [3.63, 3.8) is 0 Å². The molecular formula is C15H11BrN2O2. The van der Waals surface area contributed by atoms with Crippen LogP contribution in [0, 0.1) is 21.4 Å². The molecule has 0 atom stereocenters. The lowest BCUT2D eigenvalue weighted by Crippen LogP contribution is -1.93. The first-order valence-electron chi connectivity index (χ1n) is 6.04. The van der Waals surface area contributed by atoms with Gasteiger partial charge >= 0.3 is 0 Å². The lowest BCUT2D eigenvalue weighted by atomic mass is 9.96. The highest BCUT2D eigenvalue weighted by Gasteiger charge is 2.14. The van der Waals surface area contributed by atoms with Gasteiger partial charge in [0.25, 0.3) is 5.69 Å². The van der Waals surface area contributed by atoms with Gasteiger partial charge in [-0.15, -0.1) is 0 Å². The summed E-state index contributed by atoms with van der Waals surface area (Å²) < 4.78 is 0.771. The van der Waals surface area contributed by atoms with Gasteiger partial charge in [-0.1, -0.05) is 28.9 Å². The van der Waals surface area contributed by atoms with Crippen LogP contribution in [0.1, 0.15) is 18.1 Å². The molecule has 0 aliphatic carbocycles. The van der Waals surface area contributed by atoms with Crippen molar-refractivity contribution >= 4 is 21.6 Å². The zero-order chi connectivity index (χ0) is 14.7. The highest BCUT2D eigenvalue weighted by molar-refractivity contribution is 9.10. The highest BCUT2D eigenvalue weighted by atomic mass is 79.9. The predicted octanol–water partition coefficient (Wildman–Crippen LogP) is 4.46. The molecule has 4 nitrogen and oxygen atoms in total. The predicted molar refractivity (Wildman–Crippen MR) is 80.3 cm³/mol. The molecule has 0 spiro atoms. The van der Waals surface area contributed by atoms with Crippen molar-refractivity contribution in [2.75, 3.05) is 0 Å². The van der Waals surface area contributed by atoms with E-state index in [1.54, 1.807) is 18.2 Å². The standard InChI is InChI=1S/C15H11BrN2O2/c1-2-11-4-3-10(9-17)7-13(11)14-8-12(18(19)20)5-6-15(14)16/h3-8H,2H2,1H3. The molecule has 0 aliphatic heterocycles. The third-order valence-corrected chi connectivity index (χ3v) is 3.76. The third kappa shape index (κ3) is 2.70. The molecule has 0 aromatic heterocycles. The highest BCUT2D eigenvalue weighted by Crippen LogP contribution is 2.34. The van der Waals surface area contributed by atoms with Crippen molar-refractivity contribution in [1.82, 2.24) is 0 Å². The Labute approximate surface area is 124 Å². The largest absolute Gasteiger partial charge is 0.270 e. The third-order valence-electron chi connectivity index (χ3n) is 3.07. The molecular weight excluding hydrogens is 320 g/mol. The van der Waals surface area contributed by atoms with Crippen LogP contribution in [0.5, 0.6) is 0 Å². The molecule has 0 amide bonds. The molecule has 0 radical (unpaired) electrons. The van der Waals surface area contributed by atoms with Gasteiger partial charge in [-0.25, -0.2) is 0 Å². The number of non-ortho nitro benzene ring substituents is 1. The van der Waals surface area contributed by atoms with Crippen LogP contribution in [0.25, 0.3) is 11.1 Å². The Balaban J connectivity index is 2.69. The quantitative estimate of drug-likeness (QED) is 0.616. The molecule has 0 heterocycles. The second-order valence-electron chi connectivity index (χ2n) is 4.26. The van der Waals surface area contributed by atoms with Gasteiger partial charge in [0, 0.05) is 22.2 Å². The first-order valence-corrected chi connectivity index (χ1v) is 6.83. The van der Waals surface area contributed by atoms with E-state index in [4.69, 9.17) is 5.26 Å². The van der Waals surface area contributed by atoms with Crippen molar-refractivity contribution < 1.29 is 4.92 Å². The molecule has 5 heteroatoms.